The second-order valence-corrected chi connectivity index (χ2v) is 6.03. The van der Waals surface area contributed by atoms with Crippen LogP contribution in [0.15, 0.2) is 6.07 Å². The van der Waals surface area contributed by atoms with Crippen molar-refractivity contribution in [2.24, 2.45) is 5.92 Å². The van der Waals surface area contributed by atoms with E-state index in [4.69, 9.17) is 23.2 Å². The maximum absolute atomic E-state index is 6.29. The number of piperidine rings is 1. The van der Waals surface area contributed by atoms with Crippen molar-refractivity contribution >= 4 is 34.8 Å². The SMILES string of the molecule is CCCNc1nc(N2CCC(C)CC2)c(Cl)cc1Cl. The minimum atomic E-state index is 0.590. The maximum atomic E-state index is 6.29. The van der Waals surface area contributed by atoms with Gasteiger partial charge in [0.2, 0.25) is 0 Å². The topological polar surface area (TPSA) is 28.2 Å². The zero-order chi connectivity index (χ0) is 13.8. The van der Waals surface area contributed by atoms with Crippen molar-refractivity contribution in [3.05, 3.63) is 16.1 Å². The molecule has 0 amide bonds. The van der Waals surface area contributed by atoms with Crippen molar-refractivity contribution in [2.45, 2.75) is 33.1 Å². The Balaban J connectivity index is 2.19. The molecule has 0 spiro atoms. The summed E-state index contributed by atoms with van der Waals surface area (Å²) in [6, 6.07) is 1.79. The number of hydrogen-bond donors (Lipinski definition) is 1. The predicted octanol–water partition coefficient (Wildman–Crippen LogP) is 4.45. The summed E-state index contributed by atoms with van der Waals surface area (Å²) in [5, 5.41) is 4.48. The molecule has 1 N–H and O–H groups in total. The van der Waals surface area contributed by atoms with Crippen molar-refractivity contribution in [2.75, 3.05) is 29.9 Å². The van der Waals surface area contributed by atoms with E-state index in [1.807, 2.05) is 0 Å². The number of hydrogen-bond acceptors (Lipinski definition) is 3. The van der Waals surface area contributed by atoms with Crippen LogP contribution in [0.4, 0.5) is 11.6 Å². The largest absolute Gasteiger partial charge is 0.369 e. The highest BCUT2D eigenvalue weighted by molar-refractivity contribution is 6.37. The van der Waals surface area contributed by atoms with Crippen molar-refractivity contribution in [1.29, 1.82) is 0 Å². The second kappa shape index (κ2) is 6.67. The van der Waals surface area contributed by atoms with Gasteiger partial charge in [0.15, 0.2) is 0 Å². The standard InChI is InChI=1S/C14H21Cl2N3/c1-3-6-17-13-11(15)9-12(16)14(18-13)19-7-4-10(2)5-8-19/h9-10H,3-8H2,1-2H3,(H,17,18). The summed E-state index contributed by atoms with van der Waals surface area (Å²) in [6.45, 7) is 7.31. The van der Waals surface area contributed by atoms with Gasteiger partial charge in [-0.15, -0.1) is 0 Å². The molecule has 3 nitrogen and oxygen atoms in total. The van der Waals surface area contributed by atoms with Gasteiger partial charge in [0, 0.05) is 19.6 Å². The van der Waals surface area contributed by atoms with Gasteiger partial charge in [0.25, 0.3) is 0 Å². The molecule has 0 atom stereocenters. The normalized spacial score (nSPS) is 16.7. The molecule has 1 aromatic heterocycles. The third kappa shape index (κ3) is 3.67. The van der Waals surface area contributed by atoms with Crippen molar-refractivity contribution < 1.29 is 0 Å². The van der Waals surface area contributed by atoms with Crippen molar-refractivity contribution in [3.63, 3.8) is 0 Å². The van der Waals surface area contributed by atoms with E-state index in [1.54, 1.807) is 6.07 Å². The molecule has 1 saturated heterocycles. The van der Waals surface area contributed by atoms with Crippen LogP contribution in [0.5, 0.6) is 0 Å². The monoisotopic (exact) mass is 301 g/mol. The number of nitrogens with zero attached hydrogens (tertiary/aromatic N) is 2. The molecular weight excluding hydrogens is 281 g/mol. The average Bonchev–Trinajstić information content (AvgIpc) is 2.39. The summed E-state index contributed by atoms with van der Waals surface area (Å²) in [6.07, 6.45) is 3.42. The summed E-state index contributed by atoms with van der Waals surface area (Å²) >= 11 is 12.5. The fraction of sp³-hybridized carbons (Fsp3) is 0.643. The lowest BCUT2D eigenvalue weighted by Crippen LogP contribution is -2.33. The van der Waals surface area contributed by atoms with Crippen LogP contribution >= 0.6 is 23.2 Å². The van der Waals surface area contributed by atoms with Crippen LogP contribution in [-0.4, -0.2) is 24.6 Å². The fourth-order valence-electron chi connectivity index (χ4n) is 2.27. The molecular formula is C14H21Cl2N3. The highest BCUT2D eigenvalue weighted by atomic mass is 35.5. The lowest BCUT2D eigenvalue weighted by molar-refractivity contribution is 0.436. The second-order valence-electron chi connectivity index (χ2n) is 5.22. The van der Waals surface area contributed by atoms with Gasteiger partial charge in [-0.2, -0.15) is 0 Å². The number of aromatic nitrogens is 1. The lowest BCUT2D eigenvalue weighted by Gasteiger charge is -2.32. The molecule has 0 aromatic carbocycles. The van der Waals surface area contributed by atoms with Gasteiger partial charge in [-0.25, -0.2) is 4.98 Å². The van der Waals surface area contributed by atoms with Gasteiger partial charge < -0.3 is 10.2 Å². The Morgan fingerprint density at radius 2 is 2.00 bits per heavy atom. The van der Waals surface area contributed by atoms with Crippen LogP contribution in [0.3, 0.4) is 0 Å². The van der Waals surface area contributed by atoms with Gasteiger partial charge in [-0.3, -0.25) is 0 Å². The predicted molar refractivity (Wildman–Crippen MR) is 83.6 cm³/mol. The number of pyridine rings is 1. The molecule has 2 rings (SSSR count). The molecule has 5 heteroatoms. The Morgan fingerprint density at radius 1 is 1.32 bits per heavy atom. The average molecular weight is 302 g/mol. The van der Waals surface area contributed by atoms with E-state index >= 15 is 0 Å². The number of nitrogens with one attached hydrogen (secondary N) is 1. The van der Waals surface area contributed by atoms with Crippen molar-refractivity contribution in [3.8, 4) is 0 Å². The minimum absolute atomic E-state index is 0.590. The van der Waals surface area contributed by atoms with Crippen LogP contribution in [0, 0.1) is 5.92 Å². The van der Waals surface area contributed by atoms with E-state index in [2.05, 4.69) is 29.0 Å². The first-order valence-corrected chi connectivity index (χ1v) is 7.72. The summed E-state index contributed by atoms with van der Waals surface area (Å²) in [4.78, 5) is 6.87. The van der Waals surface area contributed by atoms with E-state index in [1.165, 1.54) is 12.8 Å². The van der Waals surface area contributed by atoms with Crippen LogP contribution in [0.2, 0.25) is 10.0 Å². The third-order valence-corrected chi connectivity index (χ3v) is 4.10. The first-order chi connectivity index (χ1) is 9.11. The Hall–Kier alpha value is -0.670. The van der Waals surface area contributed by atoms with E-state index in [9.17, 15) is 0 Å². The Kier molecular flexibility index (Phi) is 5.17. The first kappa shape index (κ1) is 14.7. The van der Waals surface area contributed by atoms with Crippen LogP contribution < -0.4 is 10.2 Å². The third-order valence-electron chi connectivity index (χ3n) is 3.54. The molecule has 1 aliphatic rings. The van der Waals surface area contributed by atoms with Gasteiger partial charge in [0.1, 0.15) is 11.6 Å². The summed E-state index contributed by atoms with van der Waals surface area (Å²) in [5.74, 6) is 2.39. The number of halogens is 2. The number of rotatable bonds is 4. The van der Waals surface area contributed by atoms with Gasteiger partial charge in [-0.05, 0) is 31.2 Å². The fourth-order valence-corrected chi connectivity index (χ4v) is 2.81. The Bertz CT molecular complexity index is 429. The van der Waals surface area contributed by atoms with Crippen LogP contribution in [0.25, 0.3) is 0 Å². The Morgan fingerprint density at radius 3 is 2.63 bits per heavy atom. The molecule has 0 bridgehead atoms. The zero-order valence-corrected chi connectivity index (χ0v) is 13.1. The molecule has 0 unspecified atom stereocenters. The van der Waals surface area contributed by atoms with Gasteiger partial charge in [-0.1, -0.05) is 37.0 Å². The summed E-state index contributed by atoms with van der Waals surface area (Å²) in [5.41, 5.74) is 0. The molecule has 1 fully saturated rings. The lowest BCUT2D eigenvalue weighted by atomic mass is 9.99. The molecule has 19 heavy (non-hydrogen) atoms. The molecule has 1 aliphatic heterocycles. The van der Waals surface area contributed by atoms with E-state index < -0.39 is 0 Å². The minimum Gasteiger partial charge on any atom is -0.369 e. The van der Waals surface area contributed by atoms with Crippen LogP contribution in [0.1, 0.15) is 33.1 Å². The smallest absolute Gasteiger partial charge is 0.149 e. The quantitative estimate of drug-likeness (QED) is 0.891. The highest BCUT2D eigenvalue weighted by Gasteiger charge is 2.20. The number of anilines is 2. The molecule has 0 saturated carbocycles. The molecule has 0 radical (unpaired) electrons. The van der Waals surface area contributed by atoms with E-state index in [-0.39, 0.29) is 0 Å². The van der Waals surface area contributed by atoms with E-state index in [0.717, 1.165) is 43.6 Å². The summed E-state index contributed by atoms with van der Waals surface area (Å²) in [7, 11) is 0. The first-order valence-electron chi connectivity index (χ1n) is 6.96. The van der Waals surface area contributed by atoms with Crippen LogP contribution in [-0.2, 0) is 0 Å². The Labute approximate surface area is 125 Å². The molecule has 0 aliphatic carbocycles. The van der Waals surface area contributed by atoms with E-state index in [0.29, 0.717) is 10.0 Å². The summed E-state index contributed by atoms with van der Waals surface area (Å²) < 4.78 is 0. The highest BCUT2D eigenvalue weighted by Crippen LogP contribution is 2.33. The van der Waals surface area contributed by atoms with Gasteiger partial charge in [0.05, 0.1) is 10.0 Å². The van der Waals surface area contributed by atoms with Gasteiger partial charge >= 0.3 is 0 Å². The maximum Gasteiger partial charge on any atom is 0.149 e. The molecule has 1 aromatic rings. The molecule has 2 heterocycles. The zero-order valence-electron chi connectivity index (χ0n) is 11.5. The van der Waals surface area contributed by atoms with Crippen molar-refractivity contribution in [1.82, 2.24) is 4.98 Å². The molecule has 106 valence electrons.